The third-order valence-corrected chi connectivity index (χ3v) is 2.61. The lowest BCUT2D eigenvalue weighted by Crippen LogP contribution is -1.95. The molecule has 0 saturated heterocycles. The Morgan fingerprint density at radius 1 is 1.36 bits per heavy atom. The molecule has 0 fully saturated rings. The minimum Gasteiger partial charge on any atom is -0.481 e. The van der Waals surface area contributed by atoms with Crippen molar-refractivity contribution < 1.29 is 14.7 Å². The van der Waals surface area contributed by atoms with Crippen LogP contribution in [0.5, 0.6) is 0 Å². The van der Waals surface area contributed by atoms with Crippen LogP contribution in [0.1, 0.15) is 16.8 Å². The van der Waals surface area contributed by atoms with E-state index in [0.29, 0.717) is 11.3 Å². The second kappa shape index (κ2) is 5.44. The number of hydrogen-bond acceptors (Lipinski definition) is 3. The maximum absolute atomic E-state index is 10.3. The van der Waals surface area contributed by atoms with E-state index in [2.05, 4.69) is 0 Å². The molecule has 0 aliphatic heterocycles. The van der Waals surface area contributed by atoms with Crippen molar-refractivity contribution in [2.24, 2.45) is 0 Å². The van der Waals surface area contributed by atoms with Crippen molar-refractivity contribution in [1.82, 2.24) is 0 Å². The van der Waals surface area contributed by atoms with Gasteiger partial charge in [0.25, 0.3) is 0 Å². The van der Waals surface area contributed by atoms with E-state index in [-0.39, 0.29) is 6.42 Å². The van der Waals surface area contributed by atoms with Crippen LogP contribution in [0.2, 0.25) is 0 Å². The predicted molar refractivity (Wildman–Crippen MR) is 54.8 cm³/mol. The number of carboxylic acid groups (broad SMARTS) is 1. The normalized spacial score (nSPS) is 9.71. The summed E-state index contributed by atoms with van der Waals surface area (Å²) in [5.41, 5.74) is 0.632. The molecule has 1 rings (SSSR count). The fourth-order valence-corrected chi connectivity index (χ4v) is 1.74. The van der Waals surface area contributed by atoms with E-state index in [9.17, 15) is 9.59 Å². The molecule has 0 aliphatic rings. The van der Waals surface area contributed by atoms with Gasteiger partial charge in [-0.15, -0.1) is 11.8 Å². The van der Waals surface area contributed by atoms with E-state index in [1.807, 2.05) is 12.1 Å². The average Bonchev–Trinajstić information content (AvgIpc) is 2.18. The molecule has 0 atom stereocenters. The Bertz CT molecular complexity index is 319. The first-order valence-electron chi connectivity index (χ1n) is 4.12. The molecule has 3 nitrogen and oxygen atoms in total. The third-order valence-electron chi connectivity index (χ3n) is 1.60. The smallest absolute Gasteiger partial charge is 0.304 e. The van der Waals surface area contributed by atoms with Crippen molar-refractivity contribution in [3.8, 4) is 0 Å². The Balaban J connectivity index is 2.43. The van der Waals surface area contributed by atoms with Gasteiger partial charge in [0.05, 0.1) is 6.42 Å². The molecule has 0 bridgehead atoms. The van der Waals surface area contributed by atoms with Crippen molar-refractivity contribution in [3.63, 3.8) is 0 Å². The third kappa shape index (κ3) is 3.62. The van der Waals surface area contributed by atoms with Crippen molar-refractivity contribution in [3.05, 3.63) is 29.8 Å². The molecule has 0 aromatic heterocycles. The van der Waals surface area contributed by atoms with Crippen LogP contribution in [-0.4, -0.2) is 23.1 Å². The van der Waals surface area contributed by atoms with Crippen LogP contribution in [0, 0.1) is 0 Å². The molecule has 74 valence electrons. The summed E-state index contributed by atoms with van der Waals surface area (Å²) in [7, 11) is 0. The average molecular weight is 210 g/mol. The number of hydrogen-bond donors (Lipinski definition) is 1. The summed E-state index contributed by atoms with van der Waals surface area (Å²) in [5.74, 6) is -0.238. The monoisotopic (exact) mass is 210 g/mol. The topological polar surface area (TPSA) is 54.4 Å². The summed E-state index contributed by atoms with van der Waals surface area (Å²) in [6.45, 7) is 0. The zero-order valence-electron chi connectivity index (χ0n) is 7.47. The van der Waals surface area contributed by atoms with Gasteiger partial charge in [-0.1, -0.05) is 12.1 Å². The lowest BCUT2D eigenvalue weighted by atomic mass is 10.2. The standard InChI is InChI=1S/C10H10O3S/c11-7-8-1-3-9(4-2-8)14-6-5-10(12)13/h1-4,7H,5-6H2,(H,12,13). The lowest BCUT2D eigenvalue weighted by Gasteiger charge is -1.99. The molecule has 0 spiro atoms. The Morgan fingerprint density at radius 3 is 2.50 bits per heavy atom. The highest BCUT2D eigenvalue weighted by Gasteiger charge is 1.98. The number of carbonyl (C=O) groups is 2. The van der Waals surface area contributed by atoms with Crippen LogP contribution in [0.4, 0.5) is 0 Å². The summed E-state index contributed by atoms with van der Waals surface area (Å²) < 4.78 is 0. The molecule has 0 amide bonds. The summed E-state index contributed by atoms with van der Waals surface area (Å²) in [4.78, 5) is 21.6. The highest BCUT2D eigenvalue weighted by molar-refractivity contribution is 7.99. The largest absolute Gasteiger partial charge is 0.481 e. The summed E-state index contributed by atoms with van der Waals surface area (Å²) in [6.07, 6.45) is 0.936. The molecular weight excluding hydrogens is 200 g/mol. The summed E-state index contributed by atoms with van der Waals surface area (Å²) in [5, 5.41) is 8.41. The van der Waals surface area contributed by atoms with E-state index in [1.54, 1.807) is 12.1 Å². The van der Waals surface area contributed by atoms with Crippen LogP contribution in [0.3, 0.4) is 0 Å². The highest BCUT2D eigenvalue weighted by atomic mass is 32.2. The molecule has 0 aliphatic carbocycles. The molecular formula is C10H10O3S. The zero-order valence-corrected chi connectivity index (χ0v) is 8.29. The Morgan fingerprint density at radius 2 is 2.00 bits per heavy atom. The summed E-state index contributed by atoms with van der Waals surface area (Å²) >= 11 is 1.47. The van der Waals surface area contributed by atoms with Crippen molar-refractivity contribution in [2.75, 3.05) is 5.75 Å². The molecule has 1 aromatic carbocycles. The van der Waals surface area contributed by atoms with Crippen LogP contribution >= 0.6 is 11.8 Å². The van der Waals surface area contributed by atoms with E-state index >= 15 is 0 Å². The molecule has 0 unspecified atom stereocenters. The fraction of sp³-hybridized carbons (Fsp3) is 0.200. The molecule has 4 heteroatoms. The molecule has 1 aromatic rings. The Hall–Kier alpha value is -1.29. The minimum absolute atomic E-state index is 0.153. The number of carbonyl (C=O) groups excluding carboxylic acids is 1. The lowest BCUT2D eigenvalue weighted by molar-refractivity contribution is -0.136. The first-order chi connectivity index (χ1) is 6.72. The highest BCUT2D eigenvalue weighted by Crippen LogP contribution is 2.18. The maximum Gasteiger partial charge on any atom is 0.304 e. The molecule has 0 radical (unpaired) electrons. The fourth-order valence-electron chi connectivity index (χ4n) is 0.899. The van der Waals surface area contributed by atoms with Crippen LogP contribution in [-0.2, 0) is 4.79 Å². The number of aldehydes is 1. The Kier molecular flexibility index (Phi) is 4.19. The summed E-state index contributed by atoms with van der Waals surface area (Å²) in [6, 6.07) is 7.07. The number of thioether (sulfide) groups is 1. The van der Waals surface area contributed by atoms with E-state index < -0.39 is 5.97 Å². The zero-order chi connectivity index (χ0) is 10.4. The van der Waals surface area contributed by atoms with E-state index in [1.165, 1.54) is 11.8 Å². The van der Waals surface area contributed by atoms with Gasteiger partial charge in [0.15, 0.2) is 0 Å². The second-order valence-electron chi connectivity index (χ2n) is 2.68. The van der Waals surface area contributed by atoms with Gasteiger partial charge < -0.3 is 5.11 Å². The number of benzene rings is 1. The quantitative estimate of drug-likeness (QED) is 0.597. The van der Waals surface area contributed by atoms with Gasteiger partial charge in [-0.2, -0.15) is 0 Å². The van der Waals surface area contributed by atoms with Crippen molar-refractivity contribution in [2.45, 2.75) is 11.3 Å². The van der Waals surface area contributed by atoms with E-state index in [4.69, 9.17) is 5.11 Å². The van der Waals surface area contributed by atoms with Gasteiger partial charge in [-0.25, -0.2) is 0 Å². The number of rotatable bonds is 5. The van der Waals surface area contributed by atoms with Gasteiger partial charge in [0.2, 0.25) is 0 Å². The number of aliphatic carboxylic acids is 1. The minimum atomic E-state index is -0.790. The van der Waals surface area contributed by atoms with Gasteiger partial charge in [-0.3, -0.25) is 9.59 Å². The van der Waals surface area contributed by atoms with Gasteiger partial charge >= 0.3 is 5.97 Å². The molecule has 0 saturated carbocycles. The number of carboxylic acids is 1. The van der Waals surface area contributed by atoms with Gasteiger partial charge in [0.1, 0.15) is 6.29 Å². The first kappa shape index (κ1) is 10.8. The predicted octanol–water partition coefficient (Wildman–Crippen LogP) is 2.07. The van der Waals surface area contributed by atoms with Gasteiger partial charge in [-0.05, 0) is 12.1 Å². The first-order valence-corrected chi connectivity index (χ1v) is 5.11. The SMILES string of the molecule is O=Cc1ccc(SCCC(=O)O)cc1. The van der Waals surface area contributed by atoms with Crippen molar-refractivity contribution in [1.29, 1.82) is 0 Å². The second-order valence-corrected chi connectivity index (χ2v) is 3.85. The van der Waals surface area contributed by atoms with Gasteiger partial charge in [0, 0.05) is 16.2 Å². The molecule has 1 N–H and O–H groups in total. The van der Waals surface area contributed by atoms with Crippen molar-refractivity contribution >= 4 is 24.0 Å². The maximum atomic E-state index is 10.3. The Labute approximate surface area is 86.1 Å². The molecule has 14 heavy (non-hydrogen) atoms. The van der Waals surface area contributed by atoms with Crippen LogP contribution in [0.25, 0.3) is 0 Å². The molecule has 0 heterocycles. The van der Waals surface area contributed by atoms with E-state index in [0.717, 1.165) is 11.2 Å². The van der Waals surface area contributed by atoms with Crippen LogP contribution < -0.4 is 0 Å². The van der Waals surface area contributed by atoms with Crippen LogP contribution in [0.15, 0.2) is 29.2 Å².